The molecule has 0 aliphatic carbocycles. The van der Waals surface area contributed by atoms with Gasteiger partial charge in [0.2, 0.25) is 5.91 Å². The molecule has 0 atom stereocenters. The number of carbonyl (C=O) groups excluding carboxylic acids is 2. The van der Waals surface area contributed by atoms with Gasteiger partial charge >= 0.3 is 0 Å². The third kappa shape index (κ3) is 2.63. The molecule has 6 heteroatoms. The minimum absolute atomic E-state index is 0.0862. The Morgan fingerprint density at radius 3 is 2.62 bits per heavy atom. The second kappa shape index (κ2) is 5.01. The van der Waals surface area contributed by atoms with Crippen LogP contribution in [0.1, 0.15) is 10.4 Å². The van der Waals surface area contributed by atoms with Crippen molar-refractivity contribution in [3.63, 3.8) is 0 Å². The summed E-state index contributed by atoms with van der Waals surface area (Å²) in [6.07, 6.45) is 0. The summed E-state index contributed by atoms with van der Waals surface area (Å²) in [6, 6.07) is 4.84. The number of hydrogen-bond donors (Lipinski definition) is 4. The SMILES string of the molecule is CNC(=O)CNc1cccc(C(N)=O)c1N. The van der Waals surface area contributed by atoms with Crippen LogP contribution < -0.4 is 22.1 Å². The van der Waals surface area contributed by atoms with Gasteiger partial charge in [-0.2, -0.15) is 0 Å². The van der Waals surface area contributed by atoms with Crippen molar-refractivity contribution in [2.75, 3.05) is 24.6 Å². The number of benzene rings is 1. The molecule has 0 bridgehead atoms. The number of carbonyl (C=O) groups is 2. The molecule has 0 radical (unpaired) electrons. The molecule has 0 aliphatic rings. The van der Waals surface area contributed by atoms with Gasteiger partial charge in [-0.05, 0) is 12.1 Å². The standard InChI is InChI=1S/C10H14N4O2/c1-13-8(15)5-14-7-4-2-3-6(9(7)11)10(12)16/h2-4,14H,5,11H2,1H3,(H2,12,16)(H,13,15). The van der Waals surface area contributed by atoms with Gasteiger partial charge in [-0.3, -0.25) is 9.59 Å². The van der Waals surface area contributed by atoms with Gasteiger partial charge in [0.25, 0.3) is 5.91 Å². The molecule has 0 heterocycles. The van der Waals surface area contributed by atoms with Crippen LogP contribution in [0.15, 0.2) is 18.2 Å². The number of para-hydroxylation sites is 1. The summed E-state index contributed by atoms with van der Waals surface area (Å²) < 4.78 is 0. The van der Waals surface area contributed by atoms with Crippen LogP contribution in [0.3, 0.4) is 0 Å². The second-order valence-corrected chi connectivity index (χ2v) is 3.16. The van der Waals surface area contributed by atoms with Crippen LogP contribution in [0.25, 0.3) is 0 Å². The predicted octanol–water partition coefficient (Wildman–Crippen LogP) is -0.474. The molecular weight excluding hydrogens is 208 g/mol. The average molecular weight is 222 g/mol. The predicted molar refractivity (Wildman–Crippen MR) is 61.9 cm³/mol. The first kappa shape index (κ1) is 11.8. The van der Waals surface area contributed by atoms with E-state index in [1.54, 1.807) is 12.1 Å². The van der Waals surface area contributed by atoms with Crippen molar-refractivity contribution in [1.29, 1.82) is 0 Å². The lowest BCUT2D eigenvalue weighted by Gasteiger charge is -2.10. The van der Waals surface area contributed by atoms with E-state index in [-0.39, 0.29) is 23.7 Å². The normalized spacial score (nSPS) is 9.56. The molecule has 0 saturated heterocycles. The maximum Gasteiger partial charge on any atom is 0.250 e. The first-order valence-corrected chi connectivity index (χ1v) is 4.69. The van der Waals surface area contributed by atoms with Crippen LogP contribution in [0, 0.1) is 0 Å². The van der Waals surface area contributed by atoms with Crippen LogP contribution in [0.4, 0.5) is 11.4 Å². The first-order valence-electron chi connectivity index (χ1n) is 4.69. The monoisotopic (exact) mass is 222 g/mol. The van der Waals surface area contributed by atoms with Gasteiger partial charge in [0.05, 0.1) is 23.5 Å². The van der Waals surface area contributed by atoms with Gasteiger partial charge in [-0.1, -0.05) is 6.07 Å². The summed E-state index contributed by atoms with van der Waals surface area (Å²) in [5.74, 6) is -0.773. The molecule has 2 amide bonds. The van der Waals surface area contributed by atoms with Crippen molar-refractivity contribution in [2.24, 2.45) is 5.73 Å². The maximum absolute atomic E-state index is 11.0. The average Bonchev–Trinajstić information content (AvgIpc) is 2.26. The molecular formula is C10H14N4O2. The Bertz CT molecular complexity index is 417. The highest BCUT2D eigenvalue weighted by molar-refractivity contribution is 6.01. The number of primary amides is 1. The fourth-order valence-corrected chi connectivity index (χ4v) is 1.20. The largest absolute Gasteiger partial charge is 0.396 e. The zero-order valence-corrected chi connectivity index (χ0v) is 8.91. The smallest absolute Gasteiger partial charge is 0.250 e. The fraction of sp³-hybridized carbons (Fsp3) is 0.200. The molecule has 1 aromatic rings. The highest BCUT2D eigenvalue weighted by atomic mass is 16.2. The van der Waals surface area contributed by atoms with Crippen molar-refractivity contribution < 1.29 is 9.59 Å². The molecule has 16 heavy (non-hydrogen) atoms. The molecule has 0 aromatic heterocycles. The Morgan fingerprint density at radius 2 is 2.06 bits per heavy atom. The van der Waals surface area contributed by atoms with Crippen LogP contribution in [0.5, 0.6) is 0 Å². The molecule has 0 spiro atoms. The molecule has 0 saturated carbocycles. The Labute approximate surface area is 93.0 Å². The van der Waals surface area contributed by atoms with Crippen molar-refractivity contribution in [3.05, 3.63) is 23.8 Å². The third-order valence-electron chi connectivity index (χ3n) is 2.09. The Balaban J connectivity index is 2.85. The minimum Gasteiger partial charge on any atom is -0.396 e. The summed E-state index contributed by atoms with van der Waals surface area (Å²) in [7, 11) is 1.53. The number of anilines is 2. The van der Waals surface area contributed by atoms with Crippen LogP contribution in [-0.4, -0.2) is 25.4 Å². The van der Waals surface area contributed by atoms with E-state index in [9.17, 15) is 9.59 Å². The summed E-state index contributed by atoms with van der Waals surface area (Å²) in [5, 5.41) is 5.27. The lowest BCUT2D eigenvalue weighted by molar-refractivity contribution is -0.118. The molecule has 1 aromatic carbocycles. The molecule has 0 unspecified atom stereocenters. The topological polar surface area (TPSA) is 110 Å². The van der Waals surface area contributed by atoms with Crippen molar-refractivity contribution >= 4 is 23.2 Å². The summed E-state index contributed by atoms with van der Waals surface area (Å²) in [5.41, 5.74) is 11.9. The van der Waals surface area contributed by atoms with Gasteiger partial charge in [-0.15, -0.1) is 0 Å². The van der Waals surface area contributed by atoms with E-state index >= 15 is 0 Å². The summed E-state index contributed by atoms with van der Waals surface area (Å²) in [6.45, 7) is 0.0862. The van der Waals surface area contributed by atoms with Gasteiger partial charge in [0.15, 0.2) is 0 Å². The highest BCUT2D eigenvalue weighted by Crippen LogP contribution is 2.21. The van der Waals surface area contributed by atoms with E-state index in [4.69, 9.17) is 11.5 Å². The van der Waals surface area contributed by atoms with Crippen molar-refractivity contribution in [1.82, 2.24) is 5.32 Å². The molecule has 6 nitrogen and oxygen atoms in total. The zero-order valence-electron chi connectivity index (χ0n) is 8.91. The number of hydrogen-bond acceptors (Lipinski definition) is 4. The van der Waals surface area contributed by atoms with Crippen LogP contribution in [-0.2, 0) is 4.79 Å². The molecule has 1 rings (SSSR count). The Hall–Kier alpha value is -2.24. The Morgan fingerprint density at radius 1 is 1.38 bits per heavy atom. The molecule has 86 valence electrons. The number of rotatable bonds is 4. The molecule has 0 fully saturated rings. The van der Waals surface area contributed by atoms with E-state index in [2.05, 4.69) is 10.6 Å². The third-order valence-corrected chi connectivity index (χ3v) is 2.09. The highest BCUT2D eigenvalue weighted by Gasteiger charge is 2.09. The van der Waals surface area contributed by atoms with E-state index < -0.39 is 5.91 Å². The van der Waals surface area contributed by atoms with Crippen LogP contribution >= 0.6 is 0 Å². The van der Waals surface area contributed by atoms with Gasteiger partial charge in [-0.25, -0.2) is 0 Å². The molecule has 0 aliphatic heterocycles. The second-order valence-electron chi connectivity index (χ2n) is 3.16. The number of likely N-dealkylation sites (N-methyl/N-ethyl adjacent to an activating group) is 1. The van der Waals surface area contributed by atoms with E-state index in [0.29, 0.717) is 5.69 Å². The van der Waals surface area contributed by atoms with Crippen LogP contribution in [0.2, 0.25) is 0 Å². The van der Waals surface area contributed by atoms with Crippen molar-refractivity contribution in [2.45, 2.75) is 0 Å². The van der Waals surface area contributed by atoms with Gasteiger partial charge in [0.1, 0.15) is 0 Å². The van der Waals surface area contributed by atoms with E-state index in [0.717, 1.165) is 0 Å². The van der Waals surface area contributed by atoms with E-state index in [1.165, 1.54) is 13.1 Å². The zero-order chi connectivity index (χ0) is 12.1. The summed E-state index contributed by atoms with van der Waals surface area (Å²) >= 11 is 0. The number of amides is 2. The van der Waals surface area contributed by atoms with Crippen molar-refractivity contribution in [3.8, 4) is 0 Å². The lowest BCUT2D eigenvalue weighted by Crippen LogP contribution is -2.26. The number of nitrogens with one attached hydrogen (secondary N) is 2. The lowest BCUT2D eigenvalue weighted by atomic mass is 10.1. The van der Waals surface area contributed by atoms with E-state index in [1.807, 2.05) is 0 Å². The summed E-state index contributed by atoms with van der Waals surface area (Å²) in [4.78, 5) is 22.0. The first-order chi connectivity index (χ1) is 7.56. The van der Waals surface area contributed by atoms with Gasteiger partial charge in [0, 0.05) is 7.05 Å². The number of nitrogen functional groups attached to an aromatic ring is 1. The maximum atomic E-state index is 11.0. The Kier molecular flexibility index (Phi) is 3.71. The molecule has 6 N–H and O–H groups in total. The van der Waals surface area contributed by atoms with Gasteiger partial charge < -0.3 is 22.1 Å². The fourth-order valence-electron chi connectivity index (χ4n) is 1.20. The quantitative estimate of drug-likeness (QED) is 0.516. The number of nitrogens with two attached hydrogens (primary N) is 2. The minimum atomic E-state index is -0.596.